The fourth-order valence-electron chi connectivity index (χ4n) is 6.01. The van der Waals surface area contributed by atoms with Crippen molar-refractivity contribution in [1.82, 2.24) is 14.5 Å². The van der Waals surface area contributed by atoms with Gasteiger partial charge in [0.25, 0.3) is 15.9 Å². The highest BCUT2D eigenvalue weighted by atomic mass is 32.2. The number of ketones is 1. The average molecular weight is 647 g/mol. The minimum absolute atomic E-state index is 0.0537. The third kappa shape index (κ3) is 8.02. The molecular formula is C31H42N4O9S. The molecule has 0 aromatic heterocycles. The number of nitrogens with zero attached hydrogens (tertiary/aromatic N) is 2. The Kier molecular flexibility index (Phi) is 10.6. The highest BCUT2D eigenvalue weighted by Gasteiger charge is 2.61. The molecule has 4 amide bonds. The smallest absolute Gasteiger partial charge is 0.409 e. The molecule has 0 radical (unpaired) electrons. The van der Waals surface area contributed by atoms with Crippen LogP contribution in [0.15, 0.2) is 41.3 Å². The molecular weight excluding hydrogens is 604 g/mol. The van der Waals surface area contributed by atoms with Crippen molar-refractivity contribution in [3.8, 4) is 5.75 Å². The summed E-state index contributed by atoms with van der Waals surface area (Å²) >= 11 is 0. The van der Waals surface area contributed by atoms with Gasteiger partial charge in [0.1, 0.15) is 16.7 Å². The molecule has 246 valence electrons. The lowest BCUT2D eigenvalue weighted by Gasteiger charge is -2.27. The maximum absolute atomic E-state index is 14.0. The van der Waals surface area contributed by atoms with Crippen LogP contribution in [0.3, 0.4) is 0 Å². The predicted molar refractivity (Wildman–Crippen MR) is 162 cm³/mol. The standard InChI is InChI=1S/C31H42N4O9S/c1-20-11-7-5-4-6-8-12-21-16-31(21,17-24(36)23-15-22(18-35(23)28(20)38)44-30(40)34(2)3)29(39)33-45(41,42)26-14-10-9-13-25(26)43-19-27(32)37/h8-10,12-14,20-23H,4-7,11,15-19H2,1-3H3,(H2,32,37)(H,33,39)/b12-8-/t20-,21-,22+,23-,31+/m0/s1. The molecule has 2 heterocycles. The van der Waals surface area contributed by atoms with Crippen LogP contribution >= 0.6 is 0 Å². The van der Waals surface area contributed by atoms with E-state index in [4.69, 9.17) is 15.2 Å². The Morgan fingerprint density at radius 3 is 2.58 bits per heavy atom. The van der Waals surface area contributed by atoms with Gasteiger partial charge in [0.15, 0.2) is 12.4 Å². The van der Waals surface area contributed by atoms with Crippen LogP contribution in [0.5, 0.6) is 5.75 Å². The first-order valence-corrected chi connectivity index (χ1v) is 16.7. The number of nitrogens with two attached hydrogens (primary N) is 1. The van der Waals surface area contributed by atoms with Crippen LogP contribution in [0.2, 0.25) is 0 Å². The summed E-state index contributed by atoms with van der Waals surface area (Å²) in [7, 11) is -1.41. The van der Waals surface area contributed by atoms with Gasteiger partial charge in [-0.15, -0.1) is 0 Å². The van der Waals surface area contributed by atoms with Gasteiger partial charge in [-0.1, -0.05) is 44.1 Å². The van der Waals surface area contributed by atoms with Gasteiger partial charge in [0, 0.05) is 32.9 Å². The van der Waals surface area contributed by atoms with E-state index in [1.54, 1.807) is 0 Å². The third-order valence-electron chi connectivity index (χ3n) is 8.66. The van der Waals surface area contributed by atoms with Crippen molar-refractivity contribution in [2.75, 3.05) is 27.2 Å². The number of carbonyl (C=O) groups excluding carboxylic acids is 5. The summed E-state index contributed by atoms with van der Waals surface area (Å²) in [6.07, 6.45) is 6.57. The Morgan fingerprint density at radius 2 is 1.87 bits per heavy atom. The molecule has 1 aromatic carbocycles. The first-order valence-electron chi connectivity index (χ1n) is 15.2. The predicted octanol–water partition coefficient (Wildman–Crippen LogP) is 2.15. The number of amides is 4. The van der Waals surface area contributed by atoms with E-state index in [1.807, 2.05) is 19.1 Å². The summed E-state index contributed by atoms with van der Waals surface area (Å²) in [4.78, 5) is 67.2. The van der Waals surface area contributed by atoms with Gasteiger partial charge in [-0.25, -0.2) is 17.9 Å². The second-order valence-electron chi connectivity index (χ2n) is 12.4. The van der Waals surface area contributed by atoms with Crippen molar-refractivity contribution in [2.45, 2.75) is 75.3 Å². The number of benzene rings is 1. The number of allylic oxidation sites excluding steroid dienone is 2. The van der Waals surface area contributed by atoms with Gasteiger partial charge in [0.05, 0.1) is 18.0 Å². The van der Waals surface area contributed by atoms with Gasteiger partial charge in [0.2, 0.25) is 11.8 Å². The van der Waals surface area contributed by atoms with Gasteiger partial charge in [-0.3, -0.25) is 19.2 Å². The monoisotopic (exact) mass is 646 g/mol. The van der Waals surface area contributed by atoms with Gasteiger partial charge < -0.3 is 25.0 Å². The van der Waals surface area contributed by atoms with Crippen molar-refractivity contribution < 1.29 is 41.9 Å². The van der Waals surface area contributed by atoms with Crippen LogP contribution in [0.4, 0.5) is 4.79 Å². The zero-order valence-electron chi connectivity index (χ0n) is 25.9. The van der Waals surface area contributed by atoms with Crippen LogP contribution in [-0.4, -0.2) is 87.2 Å². The first-order chi connectivity index (χ1) is 21.2. The van der Waals surface area contributed by atoms with Crippen LogP contribution in [0, 0.1) is 17.3 Å². The lowest BCUT2D eigenvalue weighted by Crippen LogP contribution is -2.45. The number of Topliss-reactive ketones (excluding diaryl/α,β-unsaturated/α-hetero) is 1. The first kappa shape index (κ1) is 33.9. The summed E-state index contributed by atoms with van der Waals surface area (Å²) in [5, 5.41) is 0. The molecule has 1 aliphatic carbocycles. The molecule has 1 saturated carbocycles. The topological polar surface area (TPSA) is 182 Å². The highest BCUT2D eigenvalue weighted by Crippen LogP contribution is 2.57. The number of sulfonamides is 1. The number of hydrogen-bond donors (Lipinski definition) is 2. The molecule has 3 N–H and O–H groups in total. The number of nitrogens with one attached hydrogen (secondary N) is 1. The molecule has 0 bridgehead atoms. The number of carbonyl (C=O) groups is 5. The second-order valence-corrected chi connectivity index (χ2v) is 14.0. The van der Waals surface area contributed by atoms with Crippen LogP contribution in [0.25, 0.3) is 0 Å². The Morgan fingerprint density at radius 1 is 1.13 bits per heavy atom. The molecule has 0 spiro atoms. The number of primary amides is 1. The molecule has 1 saturated heterocycles. The van der Waals surface area contributed by atoms with Crippen LogP contribution in [-0.2, 0) is 33.9 Å². The Bertz CT molecular complexity index is 1460. The van der Waals surface area contributed by atoms with Crippen molar-refractivity contribution >= 4 is 39.6 Å². The minimum Gasteiger partial charge on any atom is -0.482 e. The molecule has 1 aromatic rings. The maximum Gasteiger partial charge on any atom is 0.409 e. The lowest BCUT2D eigenvalue weighted by molar-refractivity contribution is -0.141. The molecule has 3 aliphatic rings. The Hall–Kier alpha value is -3.94. The summed E-state index contributed by atoms with van der Waals surface area (Å²) in [6.45, 7) is 1.31. The number of ether oxygens (including phenoxy) is 2. The largest absolute Gasteiger partial charge is 0.482 e. The quantitative estimate of drug-likeness (QED) is 0.419. The van der Waals surface area contributed by atoms with Crippen molar-refractivity contribution in [2.24, 2.45) is 23.0 Å². The fourth-order valence-corrected chi connectivity index (χ4v) is 7.22. The summed E-state index contributed by atoms with van der Waals surface area (Å²) in [5.41, 5.74) is 3.78. The third-order valence-corrected chi connectivity index (χ3v) is 10.0. The van der Waals surface area contributed by atoms with E-state index in [9.17, 15) is 32.4 Å². The molecule has 14 heteroatoms. The summed E-state index contributed by atoms with van der Waals surface area (Å²) < 4.78 is 39.8. The minimum atomic E-state index is -4.48. The zero-order valence-corrected chi connectivity index (χ0v) is 26.7. The zero-order chi connectivity index (χ0) is 32.9. The van der Waals surface area contributed by atoms with E-state index in [2.05, 4.69) is 4.72 Å². The summed E-state index contributed by atoms with van der Waals surface area (Å²) in [5.74, 6) is -3.18. The lowest BCUT2D eigenvalue weighted by atomic mass is 9.91. The van der Waals surface area contributed by atoms with E-state index < -0.39 is 63.8 Å². The van der Waals surface area contributed by atoms with Gasteiger partial charge in [-0.2, -0.15) is 0 Å². The van der Waals surface area contributed by atoms with Gasteiger partial charge >= 0.3 is 6.09 Å². The second kappa shape index (κ2) is 14.0. The number of para-hydroxylation sites is 1. The molecule has 2 aliphatic heterocycles. The number of hydrogen-bond acceptors (Lipinski definition) is 9. The van der Waals surface area contributed by atoms with Gasteiger partial charge in [-0.05, 0) is 43.7 Å². The van der Waals surface area contributed by atoms with Crippen molar-refractivity contribution in [1.29, 1.82) is 0 Å². The van der Waals surface area contributed by atoms with Crippen LogP contribution in [0.1, 0.15) is 58.3 Å². The SMILES string of the molecule is C[C@H]1CCCCC/C=C\[C@H]2C[C@@]2(C(=O)NS(=O)(=O)c2ccccc2OCC(N)=O)CC(=O)[C@@H]2C[C@@H](OC(=O)N(C)C)CN2C1=O. The Balaban J connectivity index is 1.62. The highest BCUT2D eigenvalue weighted by molar-refractivity contribution is 7.90. The molecule has 4 rings (SSSR count). The maximum atomic E-state index is 14.0. The van der Waals surface area contributed by atoms with E-state index in [0.717, 1.165) is 25.7 Å². The fraction of sp³-hybridized carbons (Fsp3) is 0.581. The van der Waals surface area contributed by atoms with E-state index >= 15 is 0 Å². The molecule has 0 unspecified atom stereocenters. The van der Waals surface area contributed by atoms with E-state index in [1.165, 1.54) is 48.2 Å². The van der Waals surface area contributed by atoms with Crippen LogP contribution < -0.4 is 15.2 Å². The molecule has 45 heavy (non-hydrogen) atoms. The van der Waals surface area contributed by atoms with Crippen molar-refractivity contribution in [3.05, 3.63) is 36.4 Å². The van der Waals surface area contributed by atoms with E-state index in [-0.39, 0.29) is 48.3 Å². The number of fused-ring (bicyclic) bond motifs is 2. The van der Waals surface area contributed by atoms with Crippen molar-refractivity contribution in [3.63, 3.8) is 0 Å². The normalized spacial score (nSPS) is 28.0. The molecule has 13 nitrogen and oxygen atoms in total. The average Bonchev–Trinajstić information content (AvgIpc) is 3.51. The number of rotatable bonds is 7. The summed E-state index contributed by atoms with van der Waals surface area (Å²) in [6, 6.07) is 4.59. The Labute approximate surface area is 263 Å². The molecule has 2 fully saturated rings. The van der Waals surface area contributed by atoms with E-state index in [0.29, 0.717) is 6.42 Å². The molecule has 5 atom stereocenters.